The van der Waals surface area contributed by atoms with Crippen LogP contribution < -0.4 is 0 Å². The zero-order chi connectivity index (χ0) is 9.52. The summed E-state index contributed by atoms with van der Waals surface area (Å²) in [6.45, 7) is 5.49. The van der Waals surface area contributed by atoms with Crippen molar-refractivity contribution in [2.75, 3.05) is 0 Å². The molecule has 5 heteroatoms. The Morgan fingerprint density at radius 3 is 3.15 bits per heavy atom. The maximum atomic E-state index is 4.12. The lowest BCUT2D eigenvalue weighted by molar-refractivity contribution is 0.594. The van der Waals surface area contributed by atoms with Crippen LogP contribution in [0.4, 0.5) is 0 Å². The van der Waals surface area contributed by atoms with Gasteiger partial charge in [-0.3, -0.25) is 0 Å². The van der Waals surface area contributed by atoms with E-state index in [-0.39, 0.29) is 0 Å². The molecular weight excluding hydrogens is 184 g/mol. The number of hydrogen-bond acceptors (Lipinski definition) is 5. The Morgan fingerprint density at radius 1 is 1.77 bits per heavy atom. The van der Waals surface area contributed by atoms with Crippen molar-refractivity contribution in [3.05, 3.63) is 25.1 Å². The van der Waals surface area contributed by atoms with E-state index in [1.807, 2.05) is 25.4 Å². The molecule has 0 aromatic heterocycles. The number of allylic oxidation sites excluding steroid dienone is 1. The van der Waals surface area contributed by atoms with Gasteiger partial charge in [0.2, 0.25) is 0 Å². The van der Waals surface area contributed by atoms with Crippen LogP contribution in [0.3, 0.4) is 0 Å². The minimum Gasteiger partial charge on any atom is -0.194 e. The van der Waals surface area contributed by atoms with Gasteiger partial charge in [-0.1, -0.05) is 12.7 Å². The second-order valence-electron chi connectivity index (χ2n) is 2.16. The van der Waals surface area contributed by atoms with Crippen molar-refractivity contribution in [2.24, 2.45) is 10.2 Å². The molecule has 1 aliphatic rings. The summed E-state index contributed by atoms with van der Waals surface area (Å²) in [4.78, 5) is 0. The highest BCUT2D eigenvalue weighted by Crippen LogP contribution is 2.19. The van der Waals surface area contributed by atoms with E-state index in [0.29, 0.717) is 0 Å². The quantitative estimate of drug-likeness (QED) is 0.392. The van der Waals surface area contributed by atoms with Crippen LogP contribution in [0.15, 0.2) is 35.3 Å². The van der Waals surface area contributed by atoms with Gasteiger partial charge in [0.25, 0.3) is 0 Å². The highest BCUT2D eigenvalue weighted by molar-refractivity contribution is 7.94. The summed E-state index contributed by atoms with van der Waals surface area (Å²) in [7, 11) is 0. The smallest absolute Gasteiger partial charge is 0.116 e. The van der Waals surface area contributed by atoms with Gasteiger partial charge in [-0.15, -0.1) is 0 Å². The molecule has 1 aliphatic heterocycles. The number of hydrogen-bond donors (Lipinski definition) is 0. The topological polar surface area (TPSA) is 31.2 Å². The Morgan fingerprint density at radius 2 is 2.62 bits per heavy atom. The van der Waals surface area contributed by atoms with E-state index >= 15 is 0 Å². The summed E-state index contributed by atoms with van der Waals surface area (Å²) in [6, 6.07) is 0. The lowest BCUT2D eigenvalue weighted by atomic mass is 10.4. The fourth-order valence-electron chi connectivity index (χ4n) is 0.727. The molecule has 13 heavy (non-hydrogen) atoms. The number of hydrazone groups is 2. The third kappa shape index (κ3) is 3.33. The highest BCUT2D eigenvalue weighted by atomic mass is 32.2. The molecule has 0 N–H and O–H groups in total. The predicted octanol–water partition coefficient (Wildman–Crippen LogP) is 2.21. The second kappa shape index (κ2) is 5.42. The summed E-state index contributed by atoms with van der Waals surface area (Å²) in [5.74, 6) is 0. The predicted molar refractivity (Wildman–Crippen MR) is 57.9 cm³/mol. The van der Waals surface area contributed by atoms with Crippen LogP contribution in [-0.2, 0) is 0 Å². The minimum atomic E-state index is 0.891. The van der Waals surface area contributed by atoms with Gasteiger partial charge in [0.05, 0.1) is 0 Å². The third-order valence-corrected chi connectivity index (χ3v) is 2.02. The number of rotatable bonds is 4. The SMILES string of the molecule is C=CN(/N=C\C)SN1C=CCC=N1. The molecule has 0 saturated heterocycles. The van der Waals surface area contributed by atoms with Gasteiger partial charge < -0.3 is 0 Å². The largest absolute Gasteiger partial charge is 0.194 e. The first-order valence-corrected chi connectivity index (χ1v) is 4.66. The Kier molecular flexibility index (Phi) is 4.11. The van der Waals surface area contributed by atoms with E-state index < -0.39 is 0 Å². The van der Waals surface area contributed by atoms with Crippen LogP contribution in [0.2, 0.25) is 0 Å². The minimum absolute atomic E-state index is 0.891. The molecule has 0 aromatic carbocycles. The first kappa shape index (κ1) is 9.85. The van der Waals surface area contributed by atoms with E-state index in [4.69, 9.17) is 0 Å². The fraction of sp³-hybridized carbons (Fsp3) is 0.250. The molecule has 0 atom stereocenters. The summed E-state index contributed by atoms with van der Waals surface area (Å²) >= 11 is 1.36. The highest BCUT2D eigenvalue weighted by Gasteiger charge is 2.03. The molecule has 0 radical (unpaired) electrons. The van der Waals surface area contributed by atoms with E-state index in [1.54, 1.807) is 21.2 Å². The Hall–Kier alpha value is -1.23. The van der Waals surface area contributed by atoms with Crippen LogP contribution in [0.5, 0.6) is 0 Å². The van der Waals surface area contributed by atoms with Crippen molar-refractivity contribution in [1.29, 1.82) is 0 Å². The summed E-state index contributed by atoms with van der Waals surface area (Å²) < 4.78 is 3.35. The zero-order valence-corrected chi connectivity index (χ0v) is 8.31. The summed E-state index contributed by atoms with van der Waals surface area (Å²) in [5.41, 5.74) is 0. The lowest BCUT2D eigenvalue weighted by Gasteiger charge is -2.19. The zero-order valence-electron chi connectivity index (χ0n) is 7.50. The third-order valence-electron chi connectivity index (χ3n) is 1.22. The average Bonchev–Trinajstić information content (AvgIpc) is 2.19. The fourth-order valence-corrected chi connectivity index (χ4v) is 1.35. The molecule has 0 fully saturated rings. The molecule has 0 bridgehead atoms. The Bertz CT molecular complexity index is 232. The van der Waals surface area contributed by atoms with Gasteiger partial charge in [0.1, 0.15) is 12.1 Å². The normalized spacial score (nSPS) is 15.3. The Labute approximate surface area is 82.6 Å². The van der Waals surface area contributed by atoms with Gasteiger partial charge in [0, 0.05) is 31.2 Å². The molecule has 1 heterocycles. The van der Waals surface area contributed by atoms with Gasteiger partial charge in [-0.05, 0) is 6.92 Å². The van der Waals surface area contributed by atoms with Crippen LogP contribution in [0, 0.1) is 0 Å². The number of nitrogens with zero attached hydrogens (tertiary/aromatic N) is 4. The van der Waals surface area contributed by atoms with Gasteiger partial charge in [-0.2, -0.15) is 19.0 Å². The van der Waals surface area contributed by atoms with Crippen LogP contribution in [-0.4, -0.2) is 21.3 Å². The Balaban J connectivity index is 2.45. The molecule has 1 rings (SSSR count). The standard InChI is InChI=1S/C8H12N4S/c1-3-9-11(4-2)13-12-8-6-5-7-10-12/h3-4,6-8H,2,5H2,1H3/b9-3-. The molecule has 0 amide bonds. The van der Waals surface area contributed by atoms with Crippen molar-refractivity contribution in [3.63, 3.8) is 0 Å². The molecule has 0 aromatic rings. The molecule has 0 saturated carbocycles. The average molecular weight is 196 g/mol. The van der Waals surface area contributed by atoms with Crippen molar-refractivity contribution in [1.82, 2.24) is 8.83 Å². The molecule has 70 valence electrons. The van der Waals surface area contributed by atoms with Crippen molar-refractivity contribution in [3.8, 4) is 0 Å². The van der Waals surface area contributed by atoms with Crippen molar-refractivity contribution < 1.29 is 0 Å². The molecular formula is C8H12N4S. The maximum Gasteiger partial charge on any atom is 0.116 e. The van der Waals surface area contributed by atoms with Crippen molar-refractivity contribution >= 4 is 24.6 Å². The van der Waals surface area contributed by atoms with Gasteiger partial charge in [0.15, 0.2) is 0 Å². The van der Waals surface area contributed by atoms with E-state index in [0.717, 1.165) is 6.42 Å². The first-order valence-electron chi connectivity index (χ1n) is 3.93. The molecule has 0 unspecified atom stereocenters. The van der Waals surface area contributed by atoms with E-state index in [1.165, 1.54) is 12.1 Å². The summed E-state index contributed by atoms with van der Waals surface area (Å²) in [6.07, 6.45) is 9.98. The lowest BCUT2D eigenvalue weighted by Crippen LogP contribution is -2.10. The van der Waals surface area contributed by atoms with Gasteiger partial charge in [-0.25, -0.2) is 0 Å². The van der Waals surface area contributed by atoms with Gasteiger partial charge >= 0.3 is 0 Å². The van der Waals surface area contributed by atoms with E-state index in [2.05, 4.69) is 16.8 Å². The maximum absolute atomic E-state index is 4.12. The van der Waals surface area contributed by atoms with Crippen LogP contribution >= 0.6 is 12.1 Å². The van der Waals surface area contributed by atoms with Crippen LogP contribution in [0.1, 0.15) is 13.3 Å². The summed E-state index contributed by atoms with van der Waals surface area (Å²) in [5, 5.41) is 8.16. The monoisotopic (exact) mass is 196 g/mol. The molecule has 4 nitrogen and oxygen atoms in total. The van der Waals surface area contributed by atoms with Crippen molar-refractivity contribution in [2.45, 2.75) is 13.3 Å². The van der Waals surface area contributed by atoms with Crippen LogP contribution in [0.25, 0.3) is 0 Å². The first-order chi connectivity index (χ1) is 6.36. The van der Waals surface area contributed by atoms with E-state index in [9.17, 15) is 0 Å². The molecule has 0 aliphatic carbocycles. The molecule has 0 spiro atoms. The second-order valence-corrected chi connectivity index (χ2v) is 3.07.